The summed E-state index contributed by atoms with van der Waals surface area (Å²) in [6.07, 6.45) is 2.01. The van der Waals surface area contributed by atoms with E-state index >= 15 is 0 Å². The number of Topliss-reactive ketones (excluding diaryl/α,β-unsaturated/α-hetero) is 1. The van der Waals surface area contributed by atoms with Crippen molar-refractivity contribution in [3.05, 3.63) is 24.0 Å². The predicted molar refractivity (Wildman–Crippen MR) is 105 cm³/mol. The second-order valence-electron chi connectivity index (χ2n) is 4.42. The molecule has 0 spiro atoms. The van der Waals surface area contributed by atoms with E-state index in [0.29, 0.717) is 64.1 Å². The van der Waals surface area contributed by atoms with Gasteiger partial charge in [0.1, 0.15) is 18.1 Å². The largest absolute Gasteiger partial charge is 0.491 e. The van der Waals surface area contributed by atoms with Crippen LogP contribution >= 0.6 is 0 Å². The molecule has 1 heterocycles. The Bertz CT molecular complexity index is 426. The average Bonchev–Trinajstić information content (AvgIpc) is 2.72. The van der Waals surface area contributed by atoms with Crippen LogP contribution in [-0.2, 0) is 14.2 Å². The Morgan fingerprint density at radius 2 is 1.42 bits per heavy atom. The van der Waals surface area contributed by atoms with E-state index in [0.717, 1.165) is 0 Å². The predicted octanol–water partition coefficient (Wildman–Crippen LogP) is 4.18. The number of hydrogen-bond acceptors (Lipinski definition) is 6. The number of hydrogen-bond donors (Lipinski definition) is 0. The lowest BCUT2D eigenvalue weighted by atomic mass is 10.2. The van der Waals surface area contributed by atoms with Crippen molar-refractivity contribution in [2.45, 2.75) is 48.0 Å². The Kier molecular flexibility index (Phi) is 22.1. The van der Waals surface area contributed by atoms with Crippen LogP contribution < -0.4 is 4.74 Å². The van der Waals surface area contributed by atoms with Crippen LogP contribution in [0.15, 0.2) is 18.3 Å². The summed E-state index contributed by atoms with van der Waals surface area (Å²) in [5.41, 5.74) is 0.434. The zero-order valence-corrected chi connectivity index (χ0v) is 17.4. The maximum atomic E-state index is 11.5. The molecule has 26 heavy (non-hydrogen) atoms. The highest BCUT2D eigenvalue weighted by atomic mass is 16.6. The number of carbonyl (C=O) groups is 1. The molecule has 0 aliphatic rings. The van der Waals surface area contributed by atoms with Gasteiger partial charge in [0, 0.05) is 25.3 Å². The number of carbonyl (C=O) groups excluding carboxylic acids is 1. The first-order valence-electron chi connectivity index (χ1n) is 9.63. The minimum atomic E-state index is 0.00546. The van der Waals surface area contributed by atoms with E-state index in [-0.39, 0.29) is 5.78 Å². The number of nitrogens with zero attached hydrogens (tertiary/aromatic N) is 1. The number of aromatic nitrogens is 1. The maximum Gasteiger partial charge on any atom is 0.181 e. The van der Waals surface area contributed by atoms with Crippen LogP contribution in [0, 0.1) is 0 Å². The molecule has 0 fully saturated rings. The first kappa shape index (κ1) is 26.7. The lowest BCUT2D eigenvalue weighted by Gasteiger charge is -2.08. The fraction of sp³-hybridized carbons (Fsp3) is 0.700. The zero-order valence-electron chi connectivity index (χ0n) is 17.4. The summed E-state index contributed by atoms with van der Waals surface area (Å²) in [6.45, 7) is 15.6. The highest BCUT2D eigenvalue weighted by Gasteiger charge is 2.05. The molecule has 0 aliphatic carbocycles. The van der Waals surface area contributed by atoms with Crippen LogP contribution in [0.4, 0.5) is 0 Å². The number of rotatable bonds is 13. The van der Waals surface area contributed by atoms with Crippen molar-refractivity contribution in [2.24, 2.45) is 0 Å². The quantitative estimate of drug-likeness (QED) is 0.383. The fourth-order valence-electron chi connectivity index (χ4n) is 1.64. The third-order valence-corrected chi connectivity index (χ3v) is 2.78. The molecular formula is C20H37NO5. The smallest absolute Gasteiger partial charge is 0.181 e. The molecule has 0 N–H and O–H groups in total. The standard InChI is InChI=1S/C16H25NO5.2C2H6/c1-3-16(18)15-13-14(5-6-17-15)22-12-11-21-10-9-20-8-7-19-4-2;2*1-2/h5-6,13H,3-4,7-12H2,1-2H3;2*1-2H3. The summed E-state index contributed by atoms with van der Waals surface area (Å²) < 4.78 is 21.4. The average molecular weight is 372 g/mol. The van der Waals surface area contributed by atoms with Gasteiger partial charge in [0.05, 0.1) is 33.0 Å². The van der Waals surface area contributed by atoms with E-state index in [1.807, 2.05) is 41.5 Å². The Morgan fingerprint density at radius 1 is 0.885 bits per heavy atom. The van der Waals surface area contributed by atoms with Crippen LogP contribution in [0.25, 0.3) is 0 Å². The van der Waals surface area contributed by atoms with Gasteiger partial charge in [-0.2, -0.15) is 0 Å². The lowest BCUT2D eigenvalue weighted by molar-refractivity contribution is 0.0114. The number of pyridine rings is 1. The molecule has 0 aliphatic heterocycles. The molecule has 6 heteroatoms. The van der Waals surface area contributed by atoms with Crippen molar-refractivity contribution in [3.63, 3.8) is 0 Å². The van der Waals surface area contributed by atoms with E-state index in [4.69, 9.17) is 18.9 Å². The molecule has 0 bridgehead atoms. The van der Waals surface area contributed by atoms with Crippen LogP contribution in [0.2, 0.25) is 0 Å². The minimum absolute atomic E-state index is 0.00546. The first-order valence-corrected chi connectivity index (χ1v) is 9.63. The molecule has 1 rings (SSSR count). The molecule has 0 atom stereocenters. The molecule has 0 radical (unpaired) electrons. The van der Waals surface area contributed by atoms with Gasteiger partial charge in [-0.25, -0.2) is 0 Å². The summed E-state index contributed by atoms with van der Waals surface area (Å²) in [6, 6.07) is 3.38. The third kappa shape index (κ3) is 14.8. The van der Waals surface area contributed by atoms with E-state index in [1.165, 1.54) is 0 Å². The second-order valence-corrected chi connectivity index (χ2v) is 4.42. The summed E-state index contributed by atoms with van der Waals surface area (Å²) >= 11 is 0. The molecule has 1 aromatic rings. The maximum absolute atomic E-state index is 11.5. The van der Waals surface area contributed by atoms with Gasteiger partial charge in [0.25, 0.3) is 0 Å². The molecule has 0 aromatic carbocycles. The van der Waals surface area contributed by atoms with Crippen LogP contribution in [-0.4, -0.2) is 57.0 Å². The molecule has 0 saturated carbocycles. The molecule has 152 valence electrons. The summed E-state index contributed by atoms with van der Waals surface area (Å²) in [5, 5.41) is 0. The topological polar surface area (TPSA) is 66.9 Å². The highest BCUT2D eigenvalue weighted by molar-refractivity contribution is 5.94. The second kappa shape index (κ2) is 21.5. The van der Waals surface area contributed by atoms with Crippen molar-refractivity contribution < 1.29 is 23.7 Å². The Morgan fingerprint density at radius 3 is 1.96 bits per heavy atom. The molecular weight excluding hydrogens is 334 g/mol. The van der Waals surface area contributed by atoms with E-state index in [2.05, 4.69) is 4.98 Å². The summed E-state index contributed by atoms with van der Waals surface area (Å²) in [7, 11) is 0. The molecule has 0 amide bonds. The van der Waals surface area contributed by atoms with Crippen molar-refractivity contribution in [3.8, 4) is 5.75 Å². The molecule has 6 nitrogen and oxygen atoms in total. The summed E-state index contributed by atoms with van der Waals surface area (Å²) in [4.78, 5) is 15.6. The minimum Gasteiger partial charge on any atom is -0.491 e. The Hall–Kier alpha value is -1.50. The Labute approximate surface area is 159 Å². The van der Waals surface area contributed by atoms with Crippen molar-refractivity contribution >= 4 is 5.78 Å². The lowest BCUT2D eigenvalue weighted by Crippen LogP contribution is -2.13. The van der Waals surface area contributed by atoms with Gasteiger partial charge >= 0.3 is 0 Å². The normalized spacial score (nSPS) is 9.46. The zero-order chi connectivity index (χ0) is 20.0. The van der Waals surface area contributed by atoms with Crippen LogP contribution in [0.5, 0.6) is 5.75 Å². The third-order valence-electron chi connectivity index (χ3n) is 2.78. The van der Waals surface area contributed by atoms with Crippen molar-refractivity contribution in [1.29, 1.82) is 0 Å². The van der Waals surface area contributed by atoms with Crippen molar-refractivity contribution in [1.82, 2.24) is 4.98 Å². The van der Waals surface area contributed by atoms with Gasteiger partial charge in [0.15, 0.2) is 5.78 Å². The molecule has 0 saturated heterocycles. The SMILES string of the molecule is CC.CC.CCOCCOCCOCCOc1ccnc(C(=O)CC)c1. The van der Waals surface area contributed by atoms with E-state index in [9.17, 15) is 4.79 Å². The van der Waals surface area contributed by atoms with Gasteiger partial charge in [-0.1, -0.05) is 34.6 Å². The van der Waals surface area contributed by atoms with Crippen LogP contribution in [0.1, 0.15) is 58.5 Å². The highest BCUT2D eigenvalue weighted by Crippen LogP contribution is 2.12. The van der Waals surface area contributed by atoms with E-state index < -0.39 is 0 Å². The fourth-order valence-corrected chi connectivity index (χ4v) is 1.64. The van der Waals surface area contributed by atoms with Crippen molar-refractivity contribution in [2.75, 3.05) is 46.2 Å². The van der Waals surface area contributed by atoms with Gasteiger partial charge in [-0.15, -0.1) is 0 Å². The van der Waals surface area contributed by atoms with Crippen LogP contribution in [0.3, 0.4) is 0 Å². The molecule has 0 unspecified atom stereocenters. The van der Waals surface area contributed by atoms with Gasteiger partial charge < -0.3 is 18.9 Å². The number of ketones is 1. The van der Waals surface area contributed by atoms with Gasteiger partial charge in [-0.3, -0.25) is 9.78 Å². The first-order chi connectivity index (χ1) is 12.8. The number of ether oxygens (including phenoxy) is 4. The Balaban J connectivity index is 0. The van der Waals surface area contributed by atoms with Gasteiger partial charge in [0.2, 0.25) is 0 Å². The summed E-state index contributed by atoms with van der Waals surface area (Å²) in [5.74, 6) is 0.634. The monoisotopic (exact) mass is 371 g/mol. The van der Waals surface area contributed by atoms with E-state index in [1.54, 1.807) is 18.3 Å². The molecule has 1 aromatic heterocycles. The van der Waals surface area contributed by atoms with Gasteiger partial charge in [-0.05, 0) is 13.0 Å².